The second-order valence-electron chi connectivity index (χ2n) is 5.69. The van der Waals surface area contributed by atoms with Crippen LogP contribution in [0.5, 0.6) is 0 Å². The third-order valence-corrected chi connectivity index (χ3v) is 4.01. The molecule has 3 rings (SSSR count). The number of aromatic amines is 1. The Bertz CT molecular complexity index is 894. The highest BCUT2D eigenvalue weighted by Crippen LogP contribution is 2.14. The number of carbonyl (C=O) groups excluding carboxylic acids is 1. The van der Waals surface area contributed by atoms with E-state index in [0.29, 0.717) is 47.6 Å². The number of nitrogens with zero attached hydrogens (tertiary/aromatic N) is 3. The van der Waals surface area contributed by atoms with Gasteiger partial charge in [-0.1, -0.05) is 0 Å². The fourth-order valence-corrected chi connectivity index (χ4v) is 2.65. The molecule has 0 aliphatic heterocycles. The van der Waals surface area contributed by atoms with E-state index >= 15 is 0 Å². The highest BCUT2D eigenvalue weighted by atomic mass is 19.1. The molecule has 2 heterocycles. The highest BCUT2D eigenvalue weighted by molar-refractivity contribution is 5.92. The molecule has 0 aliphatic carbocycles. The van der Waals surface area contributed by atoms with Gasteiger partial charge in [-0.3, -0.25) is 9.78 Å². The smallest absolute Gasteiger partial charge is 0.272 e. The molecule has 0 saturated heterocycles. The van der Waals surface area contributed by atoms with E-state index in [9.17, 15) is 14.3 Å². The molecule has 0 aliphatic rings. The second kappa shape index (κ2) is 7.40. The zero-order valence-corrected chi connectivity index (χ0v) is 13.9. The number of pyridine rings is 1. The van der Waals surface area contributed by atoms with Crippen molar-refractivity contribution in [2.75, 3.05) is 13.1 Å². The zero-order chi connectivity index (χ0) is 17.8. The van der Waals surface area contributed by atoms with E-state index in [1.165, 1.54) is 18.3 Å². The van der Waals surface area contributed by atoms with Crippen LogP contribution >= 0.6 is 0 Å². The number of carbonyl (C=O) groups is 1. The molecule has 6 nitrogen and oxygen atoms in total. The van der Waals surface area contributed by atoms with Crippen LogP contribution < -0.4 is 0 Å². The summed E-state index contributed by atoms with van der Waals surface area (Å²) in [7, 11) is 0. The van der Waals surface area contributed by atoms with Crippen molar-refractivity contribution < 1.29 is 14.3 Å². The van der Waals surface area contributed by atoms with Gasteiger partial charge in [-0.2, -0.15) is 0 Å². The number of likely N-dealkylation sites (N-methyl/N-ethyl adjacent to an activating group) is 1. The molecule has 1 aromatic carbocycles. The van der Waals surface area contributed by atoms with E-state index < -0.39 is 0 Å². The molecule has 0 bridgehead atoms. The van der Waals surface area contributed by atoms with Gasteiger partial charge in [-0.25, -0.2) is 9.37 Å². The van der Waals surface area contributed by atoms with Crippen LogP contribution in [0.4, 0.5) is 4.39 Å². The lowest BCUT2D eigenvalue weighted by molar-refractivity contribution is 0.0759. The second-order valence-corrected chi connectivity index (χ2v) is 5.69. The number of halogens is 1. The molecule has 0 atom stereocenters. The Morgan fingerprint density at radius 2 is 2.16 bits per heavy atom. The van der Waals surface area contributed by atoms with Crippen molar-refractivity contribution in [1.29, 1.82) is 0 Å². The van der Waals surface area contributed by atoms with Crippen LogP contribution in [0.3, 0.4) is 0 Å². The predicted octanol–water partition coefficient (Wildman–Crippen LogP) is 2.29. The van der Waals surface area contributed by atoms with Crippen LogP contribution in [-0.2, 0) is 13.0 Å². The summed E-state index contributed by atoms with van der Waals surface area (Å²) < 4.78 is 13.2. The van der Waals surface area contributed by atoms with Gasteiger partial charge in [0.05, 0.1) is 17.6 Å². The minimum atomic E-state index is -0.317. The Kier molecular flexibility index (Phi) is 5.04. The average molecular weight is 342 g/mol. The predicted molar refractivity (Wildman–Crippen MR) is 91.5 cm³/mol. The lowest BCUT2D eigenvalue weighted by Gasteiger charge is -2.20. The van der Waals surface area contributed by atoms with Gasteiger partial charge in [0, 0.05) is 25.7 Å². The van der Waals surface area contributed by atoms with Gasteiger partial charge in [0.2, 0.25) is 0 Å². The van der Waals surface area contributed by atoms with Gasteiger partial charge < -0.3 is 15.0 Å². The van der Waals surface area contributed by atoms with Gasteiger partial charge in [-0.05, 0) is 42.8 Å². The Morgan fingerprint density at radius 3 is 2.92 bits per heavy atom. The number of imidazole rings is 1. The molecule has 0 spiro atoms. The fraction of sp³-hybridized carbons (Fsp3) is 0.278. The molecule has 0 saturated carbocycles. The summed E-state index contributed by atoms with van der Waals surface area (Å²) in [5.74, 6) is 0.187. The minimum absolute atomic E-state index is 0.134. The Hall–Kier alpha value is -2.80. The normalized spacial score (nSPS) is 11.0. The number of aromatic nitrogens is 3. The Morgan fingerprint density at radius 1 is 1.32 bits per heavy atom. The van der Waals surface area contributed by atoms with Crippen LogP contribution in [0.15, 0.2) is 36.5 Å². The standard InChI is InChI=1S/C18H19FN4O2/c1-2-23(18(25)16-9-12(11-24)5-7-20-16)8-6-17-21-14-4-3-13(19)10-15(14)22-17/h3-5,7,9-10,24H,2,6,8,11H2,1H3,(H,21,22). The fourth-order valence-electron chi connectivity index (χ4n) is 2.65. The summed E-state index contributed by atoms with van der Waals surface area (Å²) in [6, 6.07) is 7.65. The summed E-state index contributed by atoms with van der Waals surface area (Å²) in [4.78, 5) is 25.8. The van der Waals surface area contributed by atoms with Crippen LogP contribution in [0.25, 0.3) is 11.0 Å². The van der Waals surface area contributed by atoms with Gasteiger partial charge in [0.1, 0.15) is 17.3 Å². The third kappa shape index (κ3) is 3.83. The van der Waals surface area contributed by atoms with Crippen LogP contribution in [0, 0.1) is 5.82 Å². The minimum Gasteiger partial charge on any atom is -0.392 e. The summed E-state index contributed by atoms with van der Waals surface area (Å²) in [5.41, 5.74) is 2.29. The molecule has 7 heteroatoms. The number of nitrogens with one attached hydrogen (secondary N) is 1. The first kappa shape index (κ1) is 17.0. The molecule has 2 N–H and O–H groups in total. The molecule has 0 radical (unpaired) electrons. The number of benzene rings is 1. The molecule has 2 aromatic heterocycles. The zero-order valence-electron chi connectivity index (χ0n) is 13.9. The van der Waals surface area contributed by atoms with E-state index in [4.69, 9.17) is 0 Å². The Balaban J connectivity index is 1.71. The van der Waals surface area contributed by atoms with Crippen molar-refractivity contribution in [3.8, 4) is 0 Å². The number of hydrogen-bond donors (Lipinski definition) is 2. The molecule has 130 valence electrons. The average Bonchev–Trinajstić information content (AvgIpc) is 3.04. The monoisotopic (exact) mass is 342 g/mol. The number of H-pyrrole nitrogens is 1. The van der Waals surface area contributed by atoms with Crippen molar-refractivity contribution >= 4 is 16.9 Å². The van der Waals surface area contributed by atoms with Gasteiger partial charge in [0.25, 0.3) is 5.91 Å². The first-order valence-corrected chi connectivity index (χ1v) is 8.10. The number of rotatable bonds is 6. The van der Waals surface area contributed by atoms with Crippen molar-refractivity contribution in [3.05, 3.63) is 59.4 Å². The molecule has 25 heavy (non-hydrogen) atoms. The molecule has 0 fully saturated rings. The van der Waals surface area contributed by atoms with Crippen molar-refractivity contribution in [3.63, 3.8) is 0 Å². The largest absolute Gasteiger partial charge is 0.392 e. The number of amides is 1. The van der Waals surface area contributed by atoms with Gasteiger partial charge >= 0.3 is 0 Å². The molecule has 1 amide bonds. The summed E-state index contributed by atoms with van der Waals surface area (Å²) in [6.07, 6.45) is 2.04. The topological polar surface area (TPSA) is 82.1 Å². The van der Waals surface area contributed by atoms with Gasteiger partial charge in [0.15, 0.2) is 0 Å². The third-order valence-electron chi connectivity index (χ3n) is 4.01. The lowest BCUT2D eigenvalue weighted by atomic mass is 10.2. The van der Waals surface area contributed by atoms with E-state index in [0.717, 1.165) is 0 Å². The Labute approximate surface area is 144 Å². The number of aliphatic hydroxyl groups is 1. The quantitative estimate of drug-likeness (QED) is 0.720. The maximum absolute atomic E-state index is 13.2. The molecular formula is C18H19FN4O2. The molecule has 0 unspecified atom stereocenters. The first-order valence-electron chi connectivity index (χ1n) is 8.10. The van der Waals surface area contributed by atoms with Crippen LogP contribution in [0.1, 0.15) is 28.8 Å². The lowest BCUT2D eigenvalue weighted by Crippen LogP contribution is -2.33. The first-order chi connectivity index (χ1) is 12.1. The molecule has 3 aromatic rings. The maximum atomic E-state index is 13.2. The van der Waals surface area contributed by atoms with E-state index in [1.807, 2.05) is 6.92 Å². The van der Waals surface area contributed by atoms with Crippen molar-refractivity contribution in [2.24, 2.45) is 0 Å². The summed E-state index contributed by atoms with van der Waals surface area (Å²) in [5, 5.41) is 9.19. The van der Waals surface area contributed by atoms with E-state index in [2.05, 4.69) is 15.0 Å². The van der Waals surface area contributed by atoms with Crippen LogP contribution in [0.2, 0.25) is 0 Å². The molecular weight excluding hydrogens is 323 g/mol. The number of hydrogen-bond acceptors (Lipinski definition) is 4. The highest BCUT2D eigenvalue weighted by Gasteiger charge is 2.16. The van der Waals surface area contributed by atoms with Crippen molar-refractivity contribution in [2.45, 2.75) is 20.0 Å². The van der Waals surface area contributed by atoms with E-state index in [1.54, 1.807) is 23.1 Å². The van der Waals surface area contributed by atoms with E-state index in [-0.39, 0.29) is 18.3 Å². The maximum Gasteiger partial charge on any atom is 0.272 e. The van der Waals surface area contributed by atoms with Crippen LogP contribution in [-0.4, -0.2) is 44.0 Å². The number of aliphatic hydroxyl groups excluding tert-OH is 1. The van der Waals surface area contributed by atoms with Crippen molar-refractivity contribution in [1.82, 2.24) is 19.9 Å². The summed E-state index contributed by atoms with van der Waals surface area (Å²) in [6.45, 7) is 2.74. The number of fused-ring (bicyclic) bond motifs is 1. The SMILES string of the molecule is CCN(CCc1nc2ccc(F)cc2[nH]1)C(=O)c1cc(CO)ccn1. The van der Waals surface area contributed by atoms with Gasteiger partial charge in [-0.15, -0.1) is 0 Å². The summed E-state index contributed by atoms with van der Waals surface area (Å²) >= 11 is 0.